The van der Waals surface area contributed by atoms with Gasteiger partial charge in [-0.15, -0.1) is 0 Å². The van der Waals surface area contributed by atoms with E-state index in [2.05, 4.69) is 0 Å². The van der Waals surface area contributed by atoms with E-state index in [1.165, 1.54) is 0 Å². The molecule has 2 aliphatic heterocycles. The van der Waals surface area contributed by atoms with Crippen molar-refractivity contribution in [2.45, 2.75) is 17.6 Å². The smallest absolute Gasteiger partial charge is 0.292 e. The van der Waals surface area contributed by atoms with Crippen LogP contribution in [-0.4, -0.2) is 9.70 Å². The maximum atomic E-state index is 11.8. The van der Waals surface area contributed by atoms with E-state index in [1.54, 1.807) is 25.2 Å². The molecule has 0 unspecified atom stereocenters. The Morgan fingerprint density at radius 3 is 2.04 bits per heavy atom. The molecule has 0 fully saturated rings. The molecule has 0 aliphatic carbocycles. The monoisotopic (exact) mass is 382 g/mol. The molecule has 2 bridgehead atoms. The number of fused-ring (bicyclic) bond motifs is 2. The molecule has 1 amide bonds. The first-order chi connectivity index (χ1) is 11.2. The van der Waals surface area contributed by atoms with Crippen molar-refractivity contribution in [1.82, 2.24) is 0 Å². The highest BCUT2D eigenvalue weighted by Crippen LogP contribution is 2.33. The van der Waals surface area contributed by atoms with Crippen LogP contribution in [0.25, 0.3) is 0 Å². The molecule has 0 aromatic heterocycles. The lowest BCUT2D eigenvalue weighted by Crippen LogP contribution is -2.36. The molecule has 4 rings (SSSR count). The van der Waals surface area contributed by atoms with Crippen LogP contribution in [0.1, 0.15) is 11.1 Å². The van der Waals surface area contributed by atoms with Crippen LogP contribution in [0.5, 0.6) is 11.5 Å². The van der Waals surface area contributed by atoms with Gasteiger partial charge in [-0.05, 0) is 43.2 Å². The van der Waals surface area contributed by atoms with Gasteiger partial charge in [0.15, 0.2) is 6.19 Å². The van der Waals surface area contributed by atoms with Crippen LogP contribution in [0.15, 0.2) is 42.5 Å². The Morgan fingerprint density at radius 2 is 1.67 bits per heavy atom. The van der Waals surface area contributed by atoms with Gasteiger partial charge in [0.2, 0.25) is 0 Å². The third-order valence-corrected chi connectivity index (χ3v) is 3.89. The van der Waals surface area contributed by atoms with Crippen LogP contribution in [0.4, 0.5) is 5.69 Å². The standard InChI is InChI=1S/C11H9Cl3N2O.C6H4O/c1-7-4-3-5-9(8(7)2)16(6-15)10(17)11(12,13)14;1-2-5-4-6(3-1)7-5/h3-5H,1-2H3;1-4H. The van der Waals surface area contributed by atoms with Crippen molar-refractivity contribution in [3.63, 3.8) is 0 Å². The summed E-state index contributed by atoms with van der Waals surface area (Å²) in [6.45, 7) is 3.66. The number of aryl methyl sites for hydroxylation is 1. The van der Waals surface area contributed by atoms with Crippen LogP contribution >= 0.6 is 34.8 Å². The Labute approximate surface area is 155 Å². The number of nitriles is 1. The second-order valence-electron chi connectivity index (χ2n) is 5.03. The SMILES string of the molecule is Cc1cccc(N(C#N)C(=O)C(Cl)(Cl)Cl)c1C.c1cc2cc(c1)O2. The summed E-state index contributed by atoms with van der Waals surface area (Å²) in [6, 6.07) is 13.1. The fourth-order valence-electron chi connectivity index (χ4n) is 1.99. The van der Waals surface area contributed by atoms with E-state index in [0.29, 0.717) is 5.69 Å². The lowest BCUT2D eigenvalue weighted by atomic mass is 10.1. The molecule has 0 spiro atoms. The maximum absolute atomic E-state index is 11.8. The van der Waals surface area contributed by atoms with Gasteiger partial charge in [-0.25, -0.2) is 4.90 Å². The summed E-state index contributed by atoms with van der Waals surface area (Å²) >= 11 is 16.5. The molecule has 2 aromatic rings. The number of hydrogen-bond acceptors (Lipinski definition) is 3. The van der Waals surface area contributed by atoms with Gasteiger partial charge in [-0.1, -0.05) is 53.0 Å². The second-order valence-corrected chi connectivity index (χ2v) is 7.32. The molecule has 2 aliphatic rings. The van der Waals surface area contributed by atoms with E-state index >= 15 is 0 Å². The molecule has 0 saturated carbocycles. The van der Waals surface area contributed by atoms with Crippen LogP contribution < -0.4 is 9.64 Å². The summed E-state index contributed by atoms with van der Waals surface area (Å²) in [7, 11) is 0. The molecule has 2 heterocycles. The summed E-state index contributed by atoms with van der Waals surface area (Å²) < 4.78 is 2.86. The van der Waals surface area contributed by atoms with Gasteiger partial charge < -0.3 is 4.74 Å². The number of carbonyl (C=O) groups excluding carboxylic acids is 1. The molecule has 0 radical (unpaired) electrons. The predicted octanol–water partition coefficient (Wildman–Crippen LogP) is 5.28. The van der Waals surface area contributed by atoms with Crippen LogP contribution in [-0.2, 0) is 4.79 Å². The molecular formula is C17H13Cl3N2O2. The van der Waals surface area contributed by atoms with Gasteiger partial charge >= 0.3 is 0 Å². The van der Waals surface area contributed by atoms with Crippen molar-refractivity contribution in [3.05, 3.63) is 53.6 Å². The highest BCUT2D eigenvalue weighted by Gasteiger charge is 2.36. The number of alkyl halides is 3. The van der Waals surface area contributed by atoms with E-state index in [0.717, 1.165) is 27.5 Å². The summed E-state index contributed by atoms with van der Waals surface area (Å²) in [5.74, 6) is 1.08. The number of anilines is 1. The number of halogens is 3. The third kappa shape index (κ3) is 4.12. The van der Waals surface area contributed by atoms with Gasteiger partial charge in [0.1, 0.15) is 11.5 Å². The molecular weight excluding hydrogens is 371 g/mol. The van der Waals surface area contributed by atoms with Crippen molar-refractivity contribution in [2.24, 2.45) is 0 Å². The highest BCUT2D eigenvalue weighted by molar-refractivity contribution is 6.77. The number of rotatable bonds is 1. The van der Waals surface area contributed by atoms with Crippen molar-refractivity contribution in [3.8, 4) is 17.7 Å². The van der Waals surface area contributed by atoms with Gasteiger partial charge in [-0.3, -0.25) is 4.79 Å². The minimum atomic E-state index is -2.15. The minimum Gasteiger partial charge on any atom is -0.457 e. The topological polar surface area (TPSA) is 53.3 Å². The molecule has 7 heteroatoms. The van der Waals surface area contributed by atoms with Crippen LogP contribution in [0.3, 0.4) is 0 Å². The number of ether oxygens (including phenoxy) is 1. The van der Waals surface area contributed by atoms with E-state index in [9.17, 15) is 4.79 Å². The Hall–Kier alpha value is -1.93. The fourth-order valence-corrected chi connectivity index (χ4v) is 2.25. The Morgan fingerprint density at radius 1 is 1.12 bits per heavy atom. The van der Waals surface area contributed by atoms with Crippen LogP contribution in [0.2, 0.25) is 0 Å². The first-order valence-electron chi connectivity index (χ1n) is 6.89. The lowest BCUT2D eigenvalue weighted by molar-refractivity contribution is -0.117. The average molecular weight is 384 g/mol. The number of nitrogens with zero attached hydrogens (tertiary/aromatic N) is 2. The lowest BCUT2D eigenvalue weighted by Gasteiger charge is -2.20. The van der Waals surface area contributed by atoms with Crippen molar-refractivity contribution >= 4 is 46.4 Å². The van der Waals surface area contributed by atoms with E-state index in [-0.39, 0.29) is 0 Å². The summed E-state index contributed by atoms with van der Waals surface area (Å²) in [6.07, 6.45) is 1.72. The maximum Gasteiger partial charge on any atom is 0.292 e. The zero-order chi connectivity index (χ0) is 17.9. The summed E-state index contributed by atoms with van der Waals surface area (Å²) in [5, 5.41) is 9.01. The minimum absolute atomic E-state index is 0.420. The van der Waals surface area contributed by atoms with Gasteiger partial charge in [0.25, 0.3) is 9.70 Å². The quantitative estimate of drug-likeness (QED) is 0.326. The molecule has 0 atom stereocenters. The van der Waals surface area contributed by atoms with Crippen molar-refractivity contribution in [2.75, 3.05) is 4.90 Å². The van der Waals surface area contributed by atoms with Gasteiger partial charge in [-0.2, -0.15) is 5.26 Å². The zero-order valence-corrected chi connectivity index (χ0v) is 15.2. The fraction of sp³-hybridized carbons (Fsp3) is 0.176. The van der Waals surface area contributed by atoms with E-state index < -0.39 is 9.70 Å². The van der Waals surface area contributed by atoms with Crippen molar-refractivity contribution < 1.29 is 9.53 Å². The van der Waals surface area contributed by atoms with Gasteiger partial charge in [0.05, 0.1) is 5.69 Å². The Kier molecular flexibility index (Phi) is 5.61. The van der Waals surface area contributed by atoms with E-state index in [1.807, 2.05) is 37.3 Å². The largest absolute Gasteiger partial charge is 0.457 e. The number of hydrogen-bond donors (Lipinski definition) is 0. The number of amides is 1. The first-order valence-corrected chi connectivity index (χ1v) is 8.02. The molecule has 2 aromatic carbocycles. The third-order valence-electron chi connectivity index (χ3n) is 3.40. The first kappa shape index (κ1) is 18.4. The normalized spacial score (nSPS) is 11.2. The second kappa shape index (κ2) is 7.31. The number of carbonyl (C=O) groups is 1. The zero-order valence-electron chi connectivity index (χ0n) is 12.9. The Bertz CT molecular complexity index is 785. The predicted molar refractivity (Wildman–Crippen MR) is 95.8 cm³/mol. The molecule has 0 N–H and O–H groups in total. The van der Waals surface area contributed by atoms with Crippen molar-refractivity contribution in [1.29, 1.82) is 5.26 Å². The van der Waals surface area contributed by atoms with Gasteiger partial charge in [0, 0.05) is 6.07 Å². The number of benzene rings is 2. The average Bonchev–Trinajstić information content (AvgIpc) is 2.52. The highest BCUT2D eigenvalue weighted by atomic mass is 35.6. The molecule has 24 heavy (non-hydrogen) atoms. The molecule has 4 nitrogen and oxygen atoms in total. The molecule has 124 valence electrons. The summed E-state index contributed by atoms with van der Waals surface area (Å²) in [4.78, 5) is 12.6. The summed E-state index contributed by atoms with van der Waals surface area (Å²) in [5.41, 5.74) is 2.15. The van der Waals surface area contributed by atoms with Crippen LogP contribution in [0, 0.1) is 25.3 Å². The molecule has 0 saturated heterocycles. The Balaban J connectivity index is 0.000000242. The van der Waals surface area contributed by atoms with E-state index in [4.69, 9.17) is 44.8 Å².